The molecule has 3 heterocycles. The second-order valence-corrected chi connectivity index (χ2v) is 7.32. The number of likely N-dealkylation sites (tertiary alicyclic amines) is 1. The van der Waals surface area contributed by atoms with Gasteiger partial charge in [0.2, 0.25) is 0 Å². The van der Waals surface area contributed by atoms with Gasteiger partial charge >= 0.3 is 0 Å². The minimum atomic E-state index is -0.0843. The summed E-state index contributed by atoms with van der Waals surface area (Å²) in [4.78, 5) is 15.3. The molecule has 1 amide bonds. The summed E-state index contributed by atoms with van der Waals surface area (Å²) in [6, 6.07) is 9.80. The number of carbonyl (C=O) groups is 1. The van der Waals surface area contributed by atoms with Gasteiger partial charge in [0.1, 0.15) is 17.6 Å². The van der Waals surface area contributed by atoms with Gasteiger partial charge in [-0.15, -0.1) is 0 Å². The first kappa shape index (κ1) is 17.2. The van der Waals surface area contributed by atoms with E-state index in [1.807, 2.05) is 31.2 Å². The Labute approximate surface area is 154 Å². The van der Waals surface area contributed by atoms with E-state index in [-0.39, 0.29) is 18.1 Å². The van der Waals surface area contributed by atoms with Crippen molar-refractivity contribution >= 4 is 5.91 Å². The van der Waals surface area contributed by atoms with Crippen LogP contribution >= 0.6 is 0 Å². The van der Waals surface area contributed by atoms with E-state index in [9.17, 15) is 4.79 Å². The number of benzene rings is 1. The van der Waals surface area contributed by atoms with Gasteiger partial charge in [-0.3, -0.25) is 9.69 Å². The van der Waals surface area contributed by atoms with Gasteiger partial charge in [-0.2, -0.15) is 0 Å². The fourth-order valence-corrected chi connectivity index (χ4v) is 3.99. The topological polar surface area (TPSA) is 54.7 Å². The third-order valence-corrected chi connectivity index (χ3v) is 5.70. The molecule has 1 aromatic carbocycles. The Bertz CT molecular complexity index is 766. The highest BCUT2D eigenvalue weighted by Crippen LogP contribution is 2.40. The molecule has 0 aliphatic carbocycles. The van der Waals surface area contributed by atoms with Crippen molar-refractivity contribution in [2.24, 2.45) is 0 Å². The molecule has 5 nitrogen and oxygen atoms in total. The van der Waals surface area contributed by atoms with Gasteiger partial charge in [0, 0.05) is 18.0 Å². The second kappa shape index (κ2) is 7.16. The van der Waals surface area contributed by atoms with Crippen molar-refractivity contribution in [3.05, 3.63) is 53.5 Å². The lowest BCUT2D eigenvalue weighted by Crippen LogP contribution is -2.36. The minimum Gasteiger partial charge on any atom is -0.489 e. The maximum atomic E-state index is 12.9. The van der Waals surface area contributed by atoms with Crippen LogP contribution < -0.4 is 10.1 Å². The van der Waals surface area contributed by atoms with E-state index >= 15 is 0 Å². The lowest BCUT2D eigenvalue weighted by Gasteiger charge is -2.26. The molecular formula is C21H26N2O3. The standard InChI is InChI=1S/C21H26N2O3/c1-14-15(2)26-20-16(14)7-5-8-17(20)21(24)22-13-18(19-9-6-12-25-19)23-10-3-4-11-23/h5-9,12,14-15,18H,3-4,10-11,13H2,1-2H3,(H,22,24)/t14-,15+,18+/m1/s1. The average molecular weight is 354 g/mol. The number of hydrogen-bond donors (Lipinski definition) is 1. The van der Waals surface area contributed by atoms with Crippen LogP contribution in [0.4, 0.5) is 0 Å². The second-order valence-electron chi connectivity index (χ2n) is 7.32. The number of nitrogens with zero attached hydrogens (tertiary/aromatic N) is 1. The van der Waals surface area contributed by atoms with Crippen LogP contribution in [-0.2, 0) is 0 Å². The van der Waals surface area contributed by atoms with E-state index in [4.69, 9.17) is 9.15 Å². The molecule has 1 aromatic heterocycles. The van der Waals surface area contributed by atoms with Crippen LogP contribution in [0, 0.1) is 0 Å². The number of fused-ring (bicyclic) bond motifs is 1. The van der Waals surface area contributed by atoms with E-state index in [0.29, 0.717) is 18.0 Å². The minimum absolute atomic E-state index is 0.0759. The van der Waals surface area contributed by atoms with Crippen LogP contribution in [0.5, 0.6) is 5.75 Å². The summed E-state index contributed by atoms with van der Waals surface area (Å²) >= 11 is 0. The van der Waals surface area contributed by atoms with Crippen molar-refractivity contribution in [2.45, 2.75) is 44.8 Å². The van der Waals surface area contributed by atoms with Crippen LogP contribution in [0.1, 0.15) is 60.3 Å². The highest BCUT2D eigenvalue weighted by molar-refractivity contribution is 5.97. The third-order valence-electron chi connectivity index (χ3n) is 5.70. The first-order valence-electron chi connectivity index (χ1n) is 9.50. The lowest BCUT2D eigenvalue weighted by molar-refractivity contribution is 0.0929. The maximum Gasteiger partial charge on any atom is 0.255 e. The molecular weight excluding hydrogens is 328 g/mol. The first-order valence-corrected chi connectivity index (χ1v) is 9.50. The van der Waals surface area contributed by atoms with Gasteiger partial charge in [0.15, 0.2) is 0 Å². The van der Waals surface area contributed by atoms with E-state index in [1.54, 1.807) is 6.26 Å². The quantitative estimate of drug-likeness (QED) is 0.889. The van der Waals surface area contributed by atoms with Crippen LogP contribution in [0.15, 0.2) is 41.0 Å². The fraction of sp³-hybridized carbons (Fsp3) is 0.476. The SMILES string of the molecule is C[C@@H]1Oc2c(C(=O)NC[C@@H](c3ccco3)N3CCCC3)cccc2[C@@H]1C. The first-order chi connectivity index (χ1) is 12.6. The van der Waals surface area contributed by atoms with Crippen molar-refractivity contribution in [1.82, 2.24) is 10.2 Å². The number of ether oxygens (including phenoxy) is 1. The molecule has 3 atom stereocenters. The molecule has 0 bridgehead atoms. The van der Waals surface area contributed by atoms with Gasteiger partial charge in [-0.1, -0.05) is 19.1 Å². The molecule has 1 N–H and O–H groups in total. The molecule has 138 valence electrons. The molecule has 0 spiro atoms. The predicted octanol–water partition coefficient (Wildman–Crippen LogP) is 3.73. The van der Waals surface area contributed by atoms with E-state index in [1.165, 1.54) is 12.8 Å². The van der Waals surface area contributed by atoms with Crippen molar-refractivity contribution in [3.63, 3.8) is 0 Å². The van der Waals surface area contributed by atoms with Gasteiger partial charge < -0.3 is 14.5 Å². The highest BCUT2D eigenvalue weighted by atomic mass is 16.5. The summed E-state index contributed by atoms with van der Waals surface area (Å²) < 4.78 is 11.6. The molecule has 0 saturated carbocycles. The lowest BCUT2D eigenvalue weighted by atomic mass is 9.97. The number of carbonyl (C=O) groups excluding carboxylic acids is 1. The molecule has 2 aliphatic rings. The van der Waals surface area contributed by atoms with Crippen molar-refractivity contribution in [1.29, 1.82) is 0 Å². The number of hydrogen-bond acceptors (Lipinski definition) is 4. The predicted molar refractivity (Wildman–Crippen MR) is 99.5 cm³/mol. The Morgan fingerprint density at radius 3 is 2.77 bits per heavy atom. The van der Waals surface area contributed by atoms with E-state index in [0.717, 1.165) is 30.2 Å². The van der Waals surface area contributed by atoms with Crippen LogP contribution in [0.2, 0.25) is 0 Å². The number of nitrogens with one attached hydrogen (secondary N) is 1. The number of para-hydroxylation sites is 1. The third kappa shape index (κ3) is 3.12. The summed E-state index contributed by atoms with van der Waals surface area (Å²) in [5.41, 5.74) is 1.74. The zero-order valence-corrected chi connectivity index (χ0v) is 15.4. The van der Waals surface area contributed by atoms with E-state index < -0.39 is 0 Å². The van der Waals surface area contributed by atoms with Crippen LogP contribution in [-0.4, -0.2) is 36.5 Å². The molecule has 2 aliphatic heterocycles. The van der Waals surface area contributed by atoms with Gasteiger partial charge in [0.05, 0.1) is 17.9 Å². The number of rotatable bonds is 5. The summed E-state index contributed by atoms with van der Waals surface area (Å²) in [7, 11) is 0. The summed E-state index contributed by atoms with van der Waals surface area (Å²) in [5.74, 6) is 1.86. The highest BCUT2D eigenvalue weighted by Gasteiger charge is 2.32. The molecule has 1 saturated heterocycles. The Balaban J connectivity index is 1.50. The molecule has 26 heavy (non-hydrogen) atoms. The van der Waals surface area contributed by atoms with Crippen molar-refractivity contribution in [3.8, 4) is 5.75 Å². The molecule has 2 aromatic rings. The fourth-order valence-electron chi connectivity index (χ4n) is 3.99. The van der Waals surface area contributed by atoms with Gasteiger partial charge in [-0.25, -0.2) is 0 Å². The molecule has 1 fully saturated rings. The van der Waals surface area contributed by atoms with Gasteiger partial charge in [0.25, 0.3) is 5.91 Å². The van der Waals surface area contributed by atoms with Crippen LogP contribution in [0.3, 0.4) is 0 Å². The summed E-state index contributed by atoms with van der Waals surface area (Å²) in [6.07, 6.45) is 4.18. The number of amides is 1. The Morgan fingerprint density at radius 1 is 1.23 bits per heavy atom. The normalized spacial score (nSPS) is 23.5. The zero-order valence-electron chi connectivity index (χ0n) is 15.4. The van der Waals surface area contributed by atoms with Crippen molar-refractivity contribution < 1.29 is 13.9 Å². The summed E-state index contributed by atoms with van der Waals surface area (Å²) in [6.45, 7) is 6.80. The Kier molecular flexibility index (Phi) is 4.72. The smallest absolute Gasteiger partial charge is 0.255 e. The average Bonchev–Trinajstić information content (AvgIpc) is 3.39. The molecule has 0 unspecified atom stereocenters. The zero-order chi connectivity index (χ0) is 18.1. The number of furan rings is 1. The van der Waals surface area contributed by atoms with Crippen LogP contribution in [0.25, 0.3) is 0 Å². The molecule has 4 rings (SSSR count). The van der Waals surface area contributed by atoms with Gasteiger partial charge in [-0.05, 0) is 51.1 Å². The monoisotopic (exact) mass is 354 g/mol. The molecule has 5 heteroatoms. The van der Waals surface area contributed by atoms with E-state index in [2.05, 4.69) is 23.2 Å². The molecule has 0 radical (unpaired) electrons. The van der Waals surface area contributed by atoms with Crippen molar-refractivity contribution in [2.75, 3.05) is 19.6 Å². The summed E-state index contributed by atoms with van der Waals surface area (Å²) in [5, 5.41) is 3.10. The Morgan fingerprint density at radius 2 is 2.04 bits per heavy atom. The largest absolute Gasteiger partial charge is 0.489 e. The maximum absolute atomic E-state index is 12.9. The Hall–Kier alpha value is -2.27.